The summed E-state index contributed by atoms with van der Waals surface area (Å²) in [5.74, 6) is -1.56. The average Bonchev–Trinajstić information content (AvgIpc) is 2.76. The smallest absolute Gasteiger partial charge is 0.244 e. The van der Waals surface area contributed by atoms with Gasteiger partial charge in [-0.25, -0.2) is 12.8 Å². The lowest BCUT2D eigenvalue weighted by atomic mass is 10.1. The number of sulfonamides is 1. The Hall–Kier alpha value is -2.65. The molecule has 10 heteroatoms. The van der Waals surface area contributed by atoms with Crippen LogP contribution in [0.5, 0.6) is 0 Å². The molecule has 1 atom stereocenters. The van der Waals surface area contributed by atoms with Crippen LogP contribution in [0, 0.1) is 12.7 Å². The Balaban J connectivity index is 2.39. The molecular formula is C24H31ClFN3O4S. The summed E-state index contributed by atoms with van der Waals surface area (Å²) in [6, 6.07) is 9.66. The van der Waals surface area contributed by atoms with Crippen molar-refractivity contribution < 1.29 is 22.4 Å². The molecule has 0 aliphatic rings. The number of nitrogens with zero attached hydrogens (tertiary/aromatic N) is 2. The van der Waals surface area contributed by atoms with Crippen molar-refractivity contribution in [3.05, 3.63) is 64.4 Å². The summed E-state index contributed by atoms with van der Waals surface area (Å²) in [6.45, 7) is 4.92. The number of carbonyl (C=O) groups is 2. The van der Waals surface area contributed by atoms with E-state index < -0.39 is 40.2 Å². The van der Waals surface area contributed by atoms with Gasteiger partial charge in [0.05, 0.1) is 11.9 Å². The Morgan fingerprint density at radius 1 is 1.18 bits per heavy atom. The van der Waals surface area contributed by atoms with Crippen LogP contribution in [0.4, 0.5) is 10.1 Å². The van der Waals surface area contributed by atoms with Crippen molar-refractivity contribution in [1.29, 1.82) is 0 Å². The lowest BCUT2D eigenvalue weighted by Crippen LogP contribution is -2.51. The number of benzene rings is 2. The molecule has 1 N–H and O–H groups in total. The monoisotopic (exact) mass is 511 g/mol. The molecule has 0 saturated carbocycles. The minimum atomic E-state index is -3.86. The van der Waals surface area contributed by atoms with Gasteiger partial charge >= 0.3 is 0 Å². The fourth-order valence-corrected chi connectivity index (χ4v) is 4.56. The standard InChI is InChI=1S/C24H31ClFN3O4S/c1-5-6-13-27-24(31)18(3)28(15-19-9-7-8-10-21(19)26)23(30)16-29(34(4,32)33)22-12-11-20(25)14-17(22)2/h7-12,14,18H,5-6,13,15-16H2,1-4H3,(H,27,31)/t18-/m0/s1. The van der Waals surface area contributed by atoms with Crippen LogP contribution in [0.25, 0.3) is 0 Å². The molecule has 0 unspecified atom stereocenters. The van der Waals surface area contributed by atoms with Gasteiger partial charge in [0.15, 0.2) is 0 Å². The van der Waals surface area contributed by atoms with Gasteiger partial charge in [0.1, 0.15) is 18.4 Å². The zero-order valence-electron chi connectivity index (χ0n) is 19.8. The summed E-state index contributed by atoms with van der Waals surface area (Å²) < 4.78 is 40.5. The number of amides is 2. The first-order chi connectivity index (χ1) is 16.0. The average molecular weight is 512 g/mol. The molecular weight excluding hydrogens is 481 g/mol. The summed E-state index contributed by atoms with van der Waals surface area (Å²) in [5.41, 5.74) is 1.08. The van der Waals surface area contributed by atoms with Gasteiger partial charge in [0, 0.05) is 23.7 Å². The zero-order valence-corrected chi connectivity index (χ0v) is 21.4. The van der Waals surface area contributed by atoms with Gasteiger partial charge in [-0.1, -0.05) is 43.1 Å². The van der Waals surface area contributed by atoms with Crippen molar-refractivity contribution in [3.8, 4) is 0 Å². The van der Waals surface area contributed by atoms with Crippen LogP contribution in [-0.2, 0) is 26.2 Å². The molecule has 186 valence electrons. The number of carbonyl (C=O) groups excluding carboxylic acids is 2. The molecule has 0 saturated heterocycles. The highest BCUT2D eigenvalue weighted by atomic mass is 35.5. The molecule has 0 bridgehead atoms. The van der Waals surface area contributed by atoms with E-state index in [1.807, 2.05) is 6.92 Å². The van der Waals surface area contributed by atoms with Crippen molar-refractivity contribution in [3.63, 3.8) is 0 Å². The second-order valence-corrected chi connectivity index (χ2v) is 10.5. The molecule has 0 aliphatic carbocycles. The van der Waals surface area contributed by atoms with E-state index in [4.69, 9.17) is 11.6 Å². The SMILES string of the molecule is CCCCNC(=O)[C@H](C)N(Cc1ccccc1F)C(=O)CN(c1ccc(Cl)cc1C)S(C)(=O)=O. The maximum absolute atomic E-state index is 14.4. The normalized spacial score (nSPS) is 12.2. The molecule has 2 aromatic rings. The van der Waals surface area contributed by atoms with Crippen LogP contribution < -0.4 is 9.62 Å². The number of halogens is 2. The topological polar surface area (TPSA) is 86.8 Å². The fraction of sp³-hybridized carbons (Fsp3) is 0.417. The number of rotatable bonds is 11. The van der Waals surface area contributed by atoms with Gasteiger partial charge in [0.25, 0.3) is 0 Å². The molecule has 7 nitrogen and oxygen atoms in total. The van der Waals surface area contributed by atoms with Crippen molar-refractivity contribution in [2.45, 2.75) is 46.2 Å². The molecule has 2 amide bonds. The second kappa shape index (κ2) is 12.2. The molecule has 0 radical (unpaired) electrons. The quantitative estimate of drug-likeness (QED) is 0.464. The predicted molar refractivity (Wildman–Crippen MR) is 133 cm³/mol. The number of aryl methyl sites for hydroxylation is 1. The maximum atomic E-state index is 14.4. The summed E-state index contributed by atoms with van der Waals surface area (Å²) in [7, 11) is -3.86. The van der Waals surface area contributed by atoms with Gasteiger partial charge < -0.3 is 10.2 Å². The van der Waals surface area contributed by atoms with E-state index >= 15 is 0 Å². The predicted octanol–water partition coefficient (Wildman–Crippen LogP) is 3.89. The molecule has 2 rings (SSSR count). The summed E-state index contributed by atoms with van der Waals surface area (Å²) >= 11 is 6.00. The minimum Gasteiger partial charge on any atom is -0.354 e. The van der Waals surface area contributed by atoms with Crippen LogP contribution in [-0.4, -0.2) is 50.5 Å². The summed E-state index contributed by atoms with van der Waals surface area (Å²) in [4.78, 5) is 27.4. The third-order valence-electron chi connectivity index (χ3n) is 5.40. The van der Waals surface area contributed by atoms with Crippen molar-refractivity contribution in [2.75, 3.05) is 23.7 Å². The lowest BCUT2D eigenvalue weighted by Gasteiger charge is -2.32. The van der Waals surface area contributed by atoms with Gasteiger partial charge in [0.2, 0.25) is 21.8 Å². The van der Waals surface area contributed by atoms with E-state index in [0.717, 1.165) is 23.4 Å². The first-order valence-electron chi connectivity index (χ1n) is 11.0. The Morgan fingerprint density at radius 3 is 2.44 bits per heavy atom. The van der Waals surface area contributed by atoms with Crippen molar-refractivity contribution in [1.82, 2.24) is 10.2 Å². The number of hydrogen-bond acceptors (Lipinski definition) is 4. The van der Waals surface area contributed by atoms with E-state index in [2.05, 4.69) is 5.32 Å². The molecule has 0 heterocycles. The first kappa shape index (κ1) is 27.6. The fourth-order valence-electron chi connectivity index (χ4n) is 3.42. The highest BCUT2D eigenvalue weighted by Gasteiger charge is 2.31. The number of anilines is 1. The van der Waals surface area contributed by atoms with Crippen molar-refractivity contribution >= 4 is 39.1 Å². The zero-order chi connectivity index (χ0) is 25.5. The Bertz CT molecular complexity index is 1130. The van der Waals surface area contributed by atoms with Gasteiger partial charge in [-0.3, -0.25) is 13.9 Å². The molecule has 0 spiro atoms. The Morgan fingerprint density at radius 2 is 1.85 bits per heavy atom. The Labute approximate surface area is 205 Å². The van der Waals surface area contributed by atoms with Crippen LogP contribution in [0.15, 0.2) is 42.5 Å². The number of unbranched alkanes of at least 4 members (excludes halogenated alkanes) is 1. The lowest BCUT2D eigenvalue weighted by molar-refractivity contribution is -0.139. The molecule has 0 aliphatic heterocycles. The van der Waals surface area contributed by atoms with E-state index in [-0.39, 0.29) is 12.1 Å². The number of nitrogens with one attached hydrogen (secondary N) is 1. The maximum Gasteiger partial charge on any atom is 0.244 e. The summed E-state index contributed by atoms with van der Waals surface area (Å²) in [6.07, 6.45) is 2.66. The van der Waals surface area contributed by atoms with E-state index in [1.54, 1.807) is 26.0 Å². The summed E-state index contributed by atoms with van der Waals surface area (Å²) in [5, 5.41) is 3.21. The van der Waals surface area contributed by atoms with Crippen LogP contribution in [0.1, 0.15) is 37.8 Å². The first-order valence-corrected chi connectivity index (χ1v) is 13.2. The third-order valence-corrected chi connectivity index (χ3v) is 6.76. The van der Waals surface area contributed by atoms with Crippen LogP contribution >= 0.6 is 11.6 Å². The molecule has 0 fully saturated rings. The molecule has 2 aromatic carbocycles. The highest BCUT2D eigenvalue weighted by Crippen LogP contribution is 2.26. The minimum absolute atomic E-state index is 0.189. The number of hydrogen-bond donors (Lipinski definition) is 1. The van der Waals surface area contributed by atoms with E-state index in [1.165, 1.54) is 35.2 Å². The van der Waals surface area contributed by atoms with Gasteiger partial charge in [-0.05, 0) is 50.1 Å². The second-order valence-electron chi connectivity index (χ2n) is 8.13. The third kappa shape index (κ3) is 7.43. The van der Waals surface area contributed by atoms with Gasteiger partial charge in [-0.15, -0.1) is 0 Å². The van der Waals surface area contributed by atoms with E-state index in [0.29, 0.717) is 22.8 Å². The van der Waals surface area contributed by atoms with E-state index in [9.17, 15) is 22.4 Å². The molecule has 0 aromatic heterocycles. The van der Waals surface area contributed by atoms with Gasteiger partial charge in [-0.2, -0.15) is 0 Å². The highest BCUT2D eigenvalue weighted by molar-refractivity contribution is 7.92. The largest absolute Gasteiger partial charge is 0.354 e. The van der Waals surface area contributed by atoms with Crippen LogP contribution in [0.2, 0.25) is 5.02 Å². The van der Waals surface area contributed by atoms with Crippen LogP contribution in [0.3, 0.4) is 0 Å². The Kier molecular flexibility index (Phi) is 9.88. The molecule has 34 heavy (non-hydrogen) atoms. The van der Waals surface area contributed by atoms with Crippen molar-refractivity contribution in [2.24, 2.45) is 0 Å².